The summed E-state index contributed by atoms with van der Waals surface area (Å²) in [7, 11) is -2.38. The van der Waals surface area contributed by atoms with Crippen molar-refractivity contribution in [1.29, 1.82) is 0 Å². The second-order valence-electron chi connectivity index (χ2n) is 8.10. The third-order valence-electron chi connectivity index (χ3n) is 5.80. The predicted molar refractivity (Wildman–Crippen MR) is 123 cm³/mol. The standard InChI is InChI=1S/C24H24F3N3O4S/c1-33-11-2-3-16-13-17(24(25,26)27)4-6-19(16)20-9-12-34-22-14-18(5-7-21(20)22)35(31,32)30-23-8-10-28-15-29-23/h4-8,10,13-15,20H,2-3,9,11-12H2,1H3,(H,28,29,30)/t20-/m1/s1. The number of methoxy groups -OCH3 is 1. The summed E-state index contributed by atoms with van der Waals surface area (Å²) in [6.07, 6.45) is -0.239. The van der Waals surface area contributed by atoms with Gasteiger partial charge in [0.1, 0.15) is 17.9 Å². The van der Waals surface area contributed by atoms with Gasteiger partial charge in [0.05, 0.1) is 17.1 Å². The Bertz CT molecular complexity index is 1280. The molecule has 1 N–H and O–H groups in total. The first kappa shape index (κ1) is 24.9. The fraction of sp³-hybridized carbons (Fsp3) is 0.333. The topological polar surface area (TPSA) is 90.4 Å². The molecule has 0 aliphatic carbocycles. The first-order valence-electron chi connectivity index (χ1n) is 10.9. The van der Waals surface area contributed by atoms with Gasteiger partial charge in [-0.1, -0.05) is 12.1 Å². The number of fused-ring (bicyclic) bond motifs is 1. The van der Waals surface area contributed by atoms with E-state index >= 15 is 0 Å². The highest BCUT2D eigenvalue weighted by Crippen LogP contribution is 2.42. The molecule has 7 nitrogen and oxygen atoms in total. The minimum atomic E-state index is -4.44. The van der Waals surface area contributed by atoms with Crippen LogP contribution in [0.15, 0.2) is 59.9 Å². The number of benzene rings is 2. The zero-order valence-corrected chi connectivity index (χ0v) is 19.7. The second kappa shape index (κ2) is 10.2. The van der Waals surface area contributed by atoms with Gasteiger partial charge in [0.25, 0.3) is 10.0 Å². The highest BCUT2D eigenvalue weighted by molar-refractivity contribution is 7.92. The molecule has 0 fully saturated rings. The van der Waals surface area contributed by atoms with Crippen molar-refractivity contribution in [1.82, 2.24) is 9.97 Å². The summed E-state index contributed by atoms with van der Waals surface area (Å²) in [5.74, 6) is 0.279. The zero-order valence-electron chi connectivity index (χ0n) is 18.9. The van der Waals surface area contributed by atoms with Crippen LogP contribution in [0.1, 0.15) is 41.0 Å². The Morgan fingerprint density at radius 3 is 2.66 bits per heavy atom. The van der Waals surface area contributed by atoms with Gasteiger partial charge in [-0.25, -0.2) is 18.4 Å². The molecule has 0 bridgehead atoms. The molecular formula is C24H24F3N3O4S. The molecule has 11 heteroatoms. The highest BCUT2D eigenvalue weighted by atomic mass is 32.2. The second-order valence-corrected chi connectivity index (χ2v) is 9.78. The molecule has 2 aromatic carbocycles. The Hall–Kier alpha value is -3.18. The van der Waals surface area contributed by atoms with Gasteiger partial charge in [0.2, 0.25) is 0 Å². The average molecular weight is 508 g/mol. The first-order chi connectivity index (χ1) is 16.7. The van der Waals surface area contributed by atoms with E-state index in [0.717, 1.165) is 17.2 Å². The number of ether oxygens (including phenoxy) is 2. The molecule has 0 saturated carbocycles. The smallest absolute Gasteiger partial charge is 0.416 e. The lowest BCUT2D eigenvalue weighted by Gasteiger charge is -2.29. The fourth-order valence-corrected chi connectivity index (χ4v) is 5.18. The molecule has 0 spiro atoms. The Morgan fingerprint density at radius 1 is 1.14 bits per heavy atom. The quantitative estimate of drug-likeness (QED) is 0.441. The van der Waals surface area contributed by atoms with Crippen LogP contribution < -0.4 is 9.46 Å². The van der Waals surface area contributed by atoms with Crippen LogP contribution in [0.2, 0.25) is 0 Å². The normalized spacial score (nSPS) is 15.8. The van der Waals surface area contributed by atoms with Gasteiger partial charge in [-0.05, 0) is 54.7 Å². The predicted octanol–water partition coefficient (Wildman–Crippen LogP) is 4.79. The minimum Gasteiger partial charge on any atom is -0.493 e. The zero-order chi connectivity index (χ0) is 25.1. The largest absolute Gasteiger partial charge is 0.493 e. The SMILES string of the molecule is COCCCc1cc(C(F)(F)F)ccc1[C@H]1CCOc2cc(S(=O)(=O)Nc3ccncn3)ccc21. The van der Waals surface area contributed by atoms with Crippen molar-refractivity contribution in [2.75, 3.05) is 25.0 Å². The number of anilines is 1. The summed E-state index contributed by atoms with van der Waals surface area (Å²) in [4.78, 5) is 7.62. The van der Waals surface area contributed by atoms with Crippen LogP contribution in [0, 0.1) is 0 Å². The summed E-state index contributed by atoms with van der Waals surface area (Å²) in [6, 6.07) is 9.78. The Labute approximate surface area is 201 Å². The number of sulfonamides is 1. The molecule has 0 saturated heterocycles. The molecule has 1 atom stereocenters. The molecule has 0 unspecified atom stereocenters. The van der Waals surface area contributed by atoms with Gasteiger partial charge < -0.3 is 9.47 Å². The lowest BCUT2D eigenvalue weighted by molar-refractivity contribution is -0.137. The molecule has 35 heavy (non-hydrogen) atoms. The summed E-state index contributed by atoms with van der Waals surface area (Å²) < 4.78 is 79.0. The molecule has 2 heterocycles. The maximum atomic E-state index is 13.4. The van der Waals surface area contributed by atoms with Gasteiger partial charge >= 0.3 is 6.18 Å². The Kier molecular flexibility index (Phi) is 7.27. The molecule has 186 valence electrons. The van der Waals surface area contributed by atoms with Crippen molar-refractivity contribution in [3.8, 4) is 5.75 Å². The van der Waals surface area contributed by atoms with Crippen molar-refractivity contribution in [2.24, 2.45) is 0 Å². The molecular weight excluding hydrogens is 483 g/mol. The van der Waals surface area contributed by atoms with E-state index in [1.165, 1.54) is 42.9 Å². The van der Waals surface area contributed by atoms with Crippen molar-refractivity contribution in [3.63, 3.8) is 0 Å². The van der Waals surface area contributed by atoms with Crippen LogP contribution in [0.5, 0.6) is 5.75 Å². The van der Waals surface area contributed by atoms with Gasteiger partial charge in [-0.2, -0.15) is 13.2 Å². The maximum Gasteiger partial charge on any atom is 0.416 e. The summed E-state index contributed by atoms with van der Waals surface area (Å²) in [5.41, 5.74) is 1.40. The fourth-order valence-electron chi connectivity index (χ4n) is 4.15. The van der Waals surface area contributed by atoms with Gasteiger partial charge in [-0.15, -0.1) is 0 Å². The number of nitrogens with zero attached hydrogens (tertiary/aromatic N) is 2. The van der Waals surface area contributed by atoms with Gasteiger partial charge in [0.15, 0.2) is 0 Å². The summed E-state index contributed by atoms with van der Waals surface area (Å²) in [6.45, 7) is 0.736. The minimum absolute atomic E-state index is 0.0109. The lowest BCUT2D eigenvalue weighted by Crippen LogP contribution is -2.19. The van der Waals surface area contributed by atoms with Crippen LogP contribution in [-0.2, 0) is 27.4 Å². The van der Waals surface area contributed by atoms with Crippen LogP contribution in [0.4, 0.5) is 19.0 Å². The highest BCUT2D eigenvalue weighted by Gasteiger charge is 2.33. The van der Waals surface area contributed by atoms with E-state index in [4.69, 9.17) is 9.47 Å². The van der Waals surface area contributed by atoms with Crippen molar-refractivity contribution < 1.29 is 31.1 Å². The van der Waals surface area contributed by atoms with E-state index in [1.54, 1.807) is 13.2 Å². The van der Waals surface area contributed by atoms with Gasteiger partial charge in [-0.3, -0.25) is 4.72 Å². The number of hydrogen-bond donors (Lipinski definition) is 1. The molecule has 0 amide bonds. The van der Waals surface area contributed by atoms with E-state index in [2.05, 4.69) is 14.7 Å². The number of alkyl halides is 3. The average Bonchev–Trinajstić information content (AvgIpc) is 2.83. The third kappa shape index (κ3) is 5.73. The summed E-state index contributed by atoms with van der Waals surface area (Å²) in [5, 5.41) is 0. The van der Waals surface area contributed by atoms with Crippen molar-refractivity contribution in [2.45, 2.75) is 36.3 Å². The Balaban J connectivity index is 1.68. The van der Waals surface area contributed by atoms with E-state index in [0.29, 0.717) is 43.8 Å². The van der Waals surface area contributed by atoms with Gasteiger partial charge in [0, 0.05) is 37.5 Å². The molecule has 3 aromatic rings. The number of rotatable bonds is 8. The van der Waals surface area contributed by atoms with E-state index in [9.17, 15) is 21.6 Å². The number of nitrogens with one attached hydrogen (secondary N) is 1. The Morgan fingerprint density at radius 2 is 1.94 bits per heavy atom. The van der Waals surface area contributed by atoms with E-state index in [-0.39, 0.29) is 16.6 Å². The first-order valence-corrected chi connectivity index (χ1v) is 12.4. The van der Waals surface area contributed by atoms with Crippen LogP contribution in [0.3, 0.4) is 0 Å². The molecule has 0 radical (unpaired) electrons. The van der Waals surface area contributed by atoms with Crippen LogP contribution in [-0.4, -0.2) is 38.7 Å². The number of aryl methyl sites for hydroxylation is 1. The molecule has 1 aromatic heterocycles. The number of halogens is 3. The number of hydrogen-bond acceptors (Lipinski definition) is 6. The maximum absolute atomic E-state index is 13.4. The number of aromatic nitrogens is 2. The van der Waals surface area contributed by atoms with Crippen LogP contribution >= 0.6 is 0 Å². The van der Waals surface area contributed by atoms with Crippen molar-refractivity contribution in [3.05, 3.63) is 77.2 Å². The van der Waals surface area contributed by atoms with E-state index < -0.39 is 21.8 Å². The lowest BCUT2D eigenvalue weighted by atomic mass is 9.82. The molecule has 1 aliphatic rings. The van der Waals surface area contributed by atoms with E-state index in [1.807, 2.05) is 0 Å². The summed E-state index contributed by atoms with van der Waals surface area (Å²) >= 11 is 0. The van der Waals surface area contributed by atoms with Crippen molar-refractivity contribution >= 4 is 15.8 Å². The molecule has 1 aliphatic heterocycles. The molecule has 4 rings (SSSR count). The third-order valence-corrected chi connectivity index (χ3v) is 7.15. The van der Waals surface area contributed by atoms with Crippen LogP contribution in [0.25, 0.3) is 0 Å². The monoisotopic (exact) mass is 507 g/mol.